The summed E-state index contributed by atoms with van der Waals surface area (Å²) in [6.07, 6.45) is 6.36. The second-order valence-corrected chi connectivity index (χ2v) is 6.06. The lowest BCUT2D eigenvalue weighted by Gasteiger charge is -2.11. The first-order valence-electron chi connectivity index (χ1n) is 6.51. The summed E-state index contributed by atoms with van der Waals surface area (Å²) in [5, 5.41) is 0. The van der Waals surface area contributed by atoms with Crippen LogP contribution >= 0.6 is 22.6 Å². The van der Waals surface area contributed by atoms with Gasteiger partial charge in [0.2, 0.25) is 0 Å². The number of hydrogen-bond acceptors (Lipinski definition) is 3. The molecule has 1 fully saturated rings. The molecule has 2 aromatic rings. The Balaban J connectivity index is 2.12. The Morgan fingerprint density at radius 2 is 2.16 bits per heavy atom. The molecule has 0 unspecified atom stereocenters. The van der Waals surface area contributed by atoms with Gasteiger partial charge in [0.15, 0.2) is 0 Å². The molecule has 2 heterocycles. The Hall–Kier alpha value is -1.11. The van der Waals surface area contributed by atoms with Gasteiger partial charge in [0.25, 0.3) is 5.56 Å². The highest BCUT2D eigenvalue weighted by Crippen LogP contribution is 2.35. The molecule has 0 spiro atoms. The third-order valence-electron chi connectivity index (χ3n) is 3.74. The number of halogens is 1. The van der Waals surface area contributed by atoms with Crippen LogP contribution in [0.25, 0.3) is 11.4 Å². The molecule has 19 heavy (non-hydrogen) atoms. The van der Waals surface area contributed by atoms with Crippen LogP contribution in [0.1, 0.15) is 43.1 Å². The van der Waals surface area contributed by atoms with Crippen molar-refractivity contribution < 1.29 is 4.42 Å². The van der Waals surface area contributed by atoms with E-state index in [0.29, 0.717) is 11.7 Å². The van der Waals surface area contributed by atoms with Gasteiger partial charge in [0, 0.05) is 5.92 Å². The smallest absolute Gasteiger partial charge is 0.264 e. The minimum atomic E-state index is -0.0481. The Morgan fingerprint density at radius 1 is 1.42 bits per heavy atom. The molecule has 5 heteroatoms. The van der Waals surface area contributed by atoms with Crippen molar-refractivity contribution in [2.24, 2.45) is 0 Å². The van der Waals surface area contributed by atoms with Gasteiger partial charge >= 0.3 is 0 Å². The summed E-state index contributed by atoms with van der Waals surface area (Å²) in [5.74, 6) is 1.83. The van der Waals surface area contributed by atoms with Gasteiger partial charge in [-0.25, -0.2) is 4.98 Å². The largest absolute Gasteiger partial charge is 0.469 e. The molecule has 3 rings (SSSR count). The Bertz CT molecular complexity index is 654. The van der Waals surface area contributed by atoms with Crippen LogP contribution < -0.4 is 5.56 Å². The molecule has 0 amide bonds. The summed E-state index contributed by atoms with van der Waals surface area (Å²) < 4.78 is 6.02. The number of furan rings is 1. The van der Waals surface area contributed by atoms with Gasteiger partial charge in [-0.3, -0.25) is 4.79 Å². The average molecular weight is 370 g/mol. The predicted molar refractivity (Wildman–Crippen MR) is 81.2 cm³/mol. The van der Waals surface area contributed by atoms with Crippen molar-refractivity contribution >= 4 is 22.6 Å². The molecule has 1 aliphatic rings. The van der Waals surface area contributed by atoms with Gasteiger partial charge in [0.05, 0.1) is 21.1 Å². The summed E-state index contributed by atoms with van der Waals surface area (Å²) in [6.45, 7) is 1.88. The number of aromatic nitrogens is 2. The highest BCUT2D eigenvalue weighted by molar-refractivity contribution is 14.1. The molecule has 100 valence electrons. The van der Waals surface area contributed by atoms with Crippen molar-refractivity contribution in [1.82, 2.24) is 9.97 Å². The lowest BCUT2D eigenvalue weighted by Crippen LogP contribution is -2.18. The van der Waals surface area contributed by atoms with Crippen LogP contribution in [0.3, 0.4) is 0 Å². The monoisotopic (exact) mass is 370 g/mol. The number of H-pyrrole nitrogens is 1. The topological polar surface area (TPSA) is 58.9 Å². The van der Waals surface area contributed by atoms with Crippen molar-refractivity contribution in [3.8, 4) is 11.4 Å². The molecule has 2 aromatic heterocycles. The summed E-state index contributed by atoms with van der Waals surface area (Å²) >= 11 is 2.11. The van der Waals surface area contributed by atoms with Crippen LogP contribution in [0.5, 0.6) is 0 Å². The third-order valence-corrected chi connectivity index (χ3v) is 4.79. The number of aryl methyl sites for hydroxylation is 1. The molecule has 1 saturated carbocycles. The van der Waals surface area contributed by atoms with E-state index >= 15 is 0 Å². The molecule has 1 N–H and O–H groups in total. The fourth-order valence-electron chi connectivity index (χ4n) is 2.70. The number of hydrogen-bond donors (Lipinski definition) is 1. The summed E-state index contributed by atoms with van der Waals surface area (Å²) in [7, 11) is 0. The second kappa shape index (κ2) is 5.11. The maximum atomic E-state index is 12.1. The fraction of sp³-hybridized carbons (Fsp3) is 0.429. The molecule has 0 atom stereocenters. The van der Waals surface area contributed by atoms with Crippen LogP contribution in [-0.4, -0.2) is 9.97 Å². The Kier molecular flexibility index (Phi) is 3.47. The molecule has 0 radical (unpaired) electrons. The SMILES string of the molecule is Cc1occc1-c1nc(C2CCCC2)c(I)c(=O)[nH]1. The van der Waals surface area contributed by atoms with Crippen LogP contribution in [0.15, 0.2) is 21.5 Å². The van der Waals surface area contributed by atoms with E-state index in [2.05, 4.69) is 27.6 Å². The fourth-order valence-corrected chi connectivity index (χ4v) is 3.40. The first-order chi connectivity index (χ1) is 9.16. The summed E-state index contributed by atoms with van der Waals surface area (Å²) in [6, 6.07) is 1.85. The van der Waals surface area contributed by atoms with Gasteiger partial charge in [-0.1, -0.05) is 12.8 Å². The molecule has 0 bridgehead atoms. The van der Waals surface area contributed by atoms with Gasteiger partial charge in [-0.2, -0.15) is 0 Å². The Labute approximate surface area is 124 Å². The summed E-state index contributed by atoms with van der Waals surface area (Å²) in [4.78, 5) is 19.6. The molecule has 1 aliphatic carbocycles. The molecule has 4 nitrogen and oxygen atoms in total. The minimum absolute atomic E-state index is 0.0481. The van der Waals surface area contributed by atoms with Crippen molar-refractivity contribution in [1.29, 1.82) is 0 Å². The molecule has 0 aliphatic heterocycles. The third kappa shape index (κ3) is 2.35. The molecule has 0 aromatic carbocycles. The lowest BCUT2D eigenvalue weighted by atomic mass is 10.0. The van der Waals surface area contributed by atoms with Gasteiger partial charge < -0.3 is 9.40 Å². The van der Waals surface area contributed by atoms with E-state index in [0.717, 1.165) is 33.4 Å². The zero-order chi connectivity index (χ0) is 13.4. The van der Waals surface area contributed by atoms with E-state index in [1.807, 2.05) is 13.0 Å². The molecular weight excluding hydrogens is 355 g/mol. The van der Waals surface area contributed by atoms with E-state index in [1.165, 1.54) is 12.8 Å². The minimum Gasteiger partial charge on any atom is -0.469 e. The summed E-state index contributed by atoms with van der Waals surface area (Å²) in [5.41, 5.74) is 1.78. The molecule has 0 saturated heterocycles. The van der Waals surface area contributed by atoms with E-state index in [-0.39, 0.29) is 5.56 Å². The van der Waals surface area contributed by atoms with Crippen molar-refractivity contribution in [3.05, 3.63) is 37.7 Å². The quantitative estimate of drug-likeness (QED) is 0.822. The first kappa shape index (κ1) is 12.9. The van der Waals surface area contributed by atoms with E-state index in [9.17, 15) is 4.79 Å². The zero-order valence-corrected chi connectivity index (χ0v) is 12.9. The average Bonchev–Trinajstić information content (AvgIpc) is 3.03. The zero-order valence-electron chi connectivity index (χ0n) is 10.7. The normalized spacial score (nSPS) is 16.1. The van der Waals surface area contributed by atoms with E-state index < -0.39 is 0 Å². The van der Waals surface area contributed by atoms with Gasteiger partial charge in [0.1, 0.15) is 11.6 Å². The standard InChI is InChI=1S/C14H15IN2O2/c1-8-10(6-7-19-8)13-16-12(9-4-2-3-5-9)11(15)14(18)17-13/h6-7,9H,2-5H2,1H3,(H,16,17,18). The number of rotatable bonds is 2. The molecular formula is C14H15IN2O2. The number of aromatic amines is 1. The number of nitrogens with one attached hydrogen (secondary N) is 1. The maximum Gasteiger partial charge on any atom is 0.264 e. The van der Waals surface area contributed by atoms with E-state index in [1.54, 1.807) is 6.26 Å². The highest BCUT2D eigenvalue weighted by Gasteiger charge is 2.23. The van der Waals surface area contributed by atoms with Crippen LogP contribution in [-0.2, 0) is 0 Å². The maximum absolute atomic E-state index is 12.1. The first-order valence-corrected chi connectivity index (χ1v) is 7.59. The van der Waals surface area contributed by atoms with Crippen molar-refractivity contribution in [3.63, 3.8) is 0 Å². The lowest BCUT2D eigenvalue weighted by molar-refractivity contribution is 0.535. The van der Waals surface area contributed by atoms with Crippen molar-refractivity contribution in [2.45, 2.75) is 38.5 Å². The van der Waals surface area contributed by atoms with E-state index in [4.69, 9.17) is 9.40 Å². The van der Waals surface area contributed by atoms with Gasteiger partial charge in [-0.15, -0.1) is 0 Å². The predicted octanol–water partition coefficient (Wildman–Crippen LogP) is 3.60. The van der Waals surface area contributed by atoms with Crippen LogP contribution in [0, 0.1) is 10.5 Å². The Morgan fingerprint density at radius 3 is 2.79 bits per heavy atom. The van der Waals surface area contributed by atoms with Crippen LogP contribution in [0.4, 0.5) is 0 Å². The number of nitrogens with zero attached hydrogens (tertiary/aromatic N) is 1. The second-order valence-electron chi connectivity index (χ2n) is 4.99. The highest BCUT2D eigenvalue weighted by atomic mass is 127. The van der Waals surface area contributed by atoms with Crippen LogP contribution in [0.2, 0.25) is 0 Å². The van der Waals surface area contributed by atoms with Gasteiger partial charge in [-0.05, 0) is 48.4 Å². The van der Waals surface area contributed by atoms with Crippen molar-refractivity contribution in [2.75, 3.05) is 0 Å².